The highest BCUT2D eigenvalue weighted by Crippen LogP contribution is 2.07. The van der Waals surface area contributed by atoms with Gasteiger partial charge in [-0.1, -0.05) is 22.0 Å². The van der Waals surface area contributed by atoms with Gasteiger partial charge in [0.2, 0.25) is 0 Å². The molecule has 1 rings (SSSR count). The molecule has 0 aromatic rings. The second-order valence-electron chi connectivity index (χ2n) is 1.41. The minimum Gasteiger partial charge on any atom is -0.121 e. The molecule has 0 saturated heterocycles. The summed E-state index contributed by atoms with van der Waals surface area (Å²) in [4.78, 5) is 0. The molecule has 0 fully saturated rings. The first kappa shape index (κ1) is 5.61. The highest BCUT2D eigenvalue weighted by atomic mass is 79.9. The van der Waals surface area contributed by atoms with Gasteiger partial charge in [-0.15, -0.1) is 5.73 Å². The van der Waals surface area contributed by atoms with Crippen LogP contribution in [0.3, 0.4) is 0 Å². The van der Waals surface area contributed by atoms with E-state index in [4.69, 9.17) is 0 Å². The van der Waals surface area contributed by atoms with Crippen molar-refractivity contribution in [3.05, 3.63) is 40.6 Å². The van der Waals surface area contributed by atoms with E-state index in [9.17, 15) is 0 Å². The molecule has 0 saturated carbocycles. The third-order valence-corrected chi connectivity index (χ3v) is 1.32. The van der Waals surface area contributed by atoms with Crippen LogP contribution in [0.4, 0.5) is 0 Å². The molecule has 40 valence electrons. The second kappa shape index (κ2) is 2.71. The van der Waals surface area contributed by atoms with E-state index < -0.39 is 0 Å². The first-order chi connectivity index (χ1) is 3.89. The Balaban J connectivity index is 2.90. The zero-order valence-electron chi connectivity index (χ0n) is 4.26. The molecule has 0 aromatic heterocycles. The van der Waals surface area contributed by atoms with Crippen molar-refractivity contribution in [2.45, 2.75) is 0 Å². The van der Waals surface area contributed by atoms with E-state index in [0.29, 0.717) is 0 Å². The van der Waals surface area contributed by atoms with Gasteiger partial charge >= 0.3 is 0 Å². The van der Waals surface area contributed by atoms with E-state index in [0.717, 1.165) is 4.48 Å². The van der Waals surface area contributed by atoms with Crippen LogP contribution in [0.5, 0.6) is 0 Å². The van der Waals surface area contributed by atoms with Crippen molar-refractivity contribution in [3.63, 3.8) is 0 Å². The second-order valence-corrected chi connectivity index (χ2v) is 2.33. The van der Waals surface area contributed by atoms with Crippen LogP contribution >= 0.6 is 15.9 Å². The average Bonchev–Trinajstić information content (AvgIpc) is 1.94. The lowest BCUT2D eigenvalue weighted by atomic mass is 10.5. The Labute approximate surface area is 57.0 Å². The summed E-state index contributed by atoms with van der Waals surface area (Å²) in [6.07, 6.45) is 9.58. The van der Waals surface area contributed by atoms with Crippen LogP contribution < -0.4 is 0 Å². The molecular weight excluding hydrogens is 164 g/mol. The quantitative estimate of drug-likeness (QED) is 0.488. The minimum absolute atomic E-state index is 1.08. The molecule has 0 spiro atoms. The summed E-state index contributed by atoms with van der Waals surface area (Å²) >= 11 is 3.32. The lowest BCUT2D eigenvalue weighted by molar-refractivity contribution is 1.92. The molecule has 0 N–H and O–H groups in total. The number of hydrogen-bond donors (Lipinski definition) is 0. The van der Waals surface area contributed by atoms with E-state index in [1.54, 1.807) is 0 Å². The highest BCUT2D eigenvalue weighted by molar-refractivity contribution is 9.11. The minimum atomic E-state index is 1.08. The Morgan fingerprint density at radius 3 is 3.12 bits per heavy atom. The molecule has 1 aliphatic rings. The normalized spacial score (nSPS) is 15.9. The van der Waals surface area contributed by atoms with Gasteiger partial charge in [0.05, 0.1) is 0 Å². The summed E-state index contributed by atoms with van der Waals surface area (Å²) in [5.41, 5.74) is 2.93. The largest absolute Gasteiger partial charge is 0.121 e. The molecule has 0 amide bonds. The van der Waals surface area contributed by atoms with Gasteiger partial charge in [0.15, 0.2) is 0 Å². The van der Waals surface area contributed by atoms with Crippen LogP contribution in [0, 0.1) is 0 Å². The molecule has 0 aliphatic heterocycles. The molecule has 0 bridgehead atoms. The van der Waals surface area contributed by atoms with E-state index in [-0.39, 0.29) is 0 Å². The standard InChI is InChI=1S/C7H5Br/c8-7-5-3-1-2-4-6-7/h1,3-6H. The van der Waals surface area contributed by atoms with Crippen LogP contribution in [0.2, 0.25) is 0 Å². The summed E-state index contributed by atoms with van der Waals surface area (Å²) in [7, 11) is 0. The van der Waals surface area contributed by atoms with Crippen molar-refractivity contribution >= 4 is 15.9 Å². The van der Waals surface area contributed by atoms with Gasteiger partial charge < -0.3 is 0 Å². The topological polar surface area (TPSA) is 0 Å². The number of rotatable bonds is 0. The fraction of sp³-hybridized carbons (Fsp3) is 0. The lowest BCUT2D eigenvalue weighted by Crippen LogP contribution is -1.53. The highest BCUT2D eigenvalue weighted by Gasteiger charge is 1.79. The van der Waals surface area contributed by atoms with Crippen LogP contribution in [0.15, 0.2) is 40.6 Å². The fourth-order valence-corrected chi connectivity index (χ4v) is 0.719. The molecule has 0 unspecified atom stereocenters. The first-order valence-corrected chi connectivity index (χ1v) is 3.14. The Morgan fingerprint density at radius 2 is 2.25 bits per heavy atom. The van der Waals surface area contributed by atoms with Gasteiger partial charge in [0.1, 0.15) is 0 Å². The maximum atomic E-state index is 3.32. The van der Waals surface area contributed by atoms with Gasteiger partial charge in [-0.05, 0) is 24.3 Å². The molecule has 1 heteroatoms. The first-order valence-electron chi connectivity index (χ1n) is 2.34. The third kappa shape index (κ3) is 1.53. The molecule has 0 radical (unpaired) electrons. The molecular formula is C7H5Br. The summed E-state index contributed by atoms with van der Waals surface area (Å²) in [5.74, 6) is 0. The molecule has 1 aliphatic carbocycles. The summed E-state index contributed by atoms with van der Waals surface area (Å²) in [6, 6.07) is 0. The van der Waals surface area contributed by atoms with Crippen molar-refractivity contribution in [1.29, 1.82) is 0 Å². The fourth-order valence-electron chi connectivity index (χ4n) is 0.434. The molecule has 0 aromatic carbocycles. The molecule has 0 heterocycles. The van der Waals surface area contributed by atoms with E-state index >= 15 is 0 Å². The van der Waals surface area contributed by atoms with Crippen molar-refractivity contribution in [1.82, 2.24) is 0 Å². The van der Waals surface area contributed by atoms with Crippen molar-refractivity contribution in [3.8, 4) is 0 Å². The van der Waals surface area contributed by atoms with Gasteiger partial charge in [-0.2, -0.15) is 0 Å². The van der Waals surface area contributed by atoms with Gasteiger partial charge in [-0.25, -0.2) is 0 Å². The number of allylic oxidation sites excluding steroid dienone is 5. The predicted octanol–water partition coefficient (Wildman–Crippen LogP) is 2.55. The Hall–Kier alpha value is -0.520. The van der Waals surface area contributed by atoms with Crippen LogP contribution in [-0.2, 0) is 0 Å². The van der Waals surface area contributed by atoms with Crippen LogP contribution in [0.1, 0.15) is 0 Å². The van der Waals surface area contributed by atoms with Crippen molar-refractivity contribution in [2.24, 2.45) is 0 Å². The lowest BCUT2D eigenvalue weighted by Gasteiger charge is -1.77. The number of hydrogen-bond acceptors (Lipinski definition) is 0. The maximum absolute atomic E-state index is 3.32. The van der Waals surface area contributed by atoms with Crippen LogP contribution in [-0.4, -0.2) is 0 Å². The van der Waals surface area contributed by atoms with E-state index in [1.165, 1.54) is 0 Å². The molecule has 8 heavy (non-hydrogen) atoms. The summed E-state index contributed by atoms with van der Waals surface area (Å²) < 4.78 is 1.08. The summed E-state index contributed by atoms with van der Waals surface area (Å²) in [5, 5.41) is 0. The predicted molar refractivity (Wildman–Crippen MR) is 38.8 cm³/mol. The average molecular weight is 169 g/mol. The maximum Gasteiger partial charge on any atom is 0.0181 e. The van der Waals surface area contributed by atoms with Gasteiger partial charge in [-0.3, -0.25) is 0 Å². The van der Waals surface area contributed by atoms with Crippen molar-refractivity contribution < 1.29 is 0 Å². The monoisotopic (exact) mass is 168 g/mol. The SMILES string of the molecule is BrC1=CC=C=CC=C1. The Morgan fingerprint density at radius 1 is 1.38 bits per heavy atom. The van der Waals surface area contributed by atoms with Gasteiger partial charge in [0.25, 0.3) is 0 Å². The zero-order valence-corrected chi connectivity index (χ0v) is 5.85. The summed E-state index contributed by atoms with van der Waals surface area (Å²) in [6.45, 7) is 0. The van der Waals surface area contributed by atoms with E-state index in [1.807, 2.05) is 30.4 Å². The molecule has 0 atom stereocenters. The van der Waals surface area contributed by atoms with Gasteiger partial charge in [0, 0.05) is 4.48 Å². The van der Waals surface area contributed by atoms with Crippen molar-refractivity contribution in [2.75, 3.05) is 0 Å². The number of halogens is 1. The smallest absolute Gasteiger partial charge is 0.0181 e. The third-order valence-electron chi connectivity index (χ3n) is 0.787. The van der Waals surface area contributed by atoms with E-state index in [2.05, 4.69) is 21.7 Å². The zero-order chi connectivity index (χ0) is 5.82. The Bertz CT molecular complexity index is 190. The Kier molecular flexibility index (Phi) is 1.90. The van der Waals surface area contributed by atoms with Crippen LogP contribution in [0.25, 0.3) is 0 Å². The molecule has 0 nitrogen and oxygen atoms in total.